The summed E-state index contributed by atoms with van der Waals surface area (Å²) in [6.07, 6.45) is 6.09. The zero-order chi connectivity index (χ0) is 12.8. The highest BCUT2D eigenvalue weighted by atomic mass is 16.4. The molecule has 1 saturated carbocycles. The van der Waals surface area contributed by atoms with Gasteiger partial charge >= 0.3 is 6.01 Å². The lowest BCUT2D eigenvalue weighted by atomic mass is 9.87. The molecule has 1 aliphatic rings. The first-order valence-electron chi connectivity index (χ1n) is 7.07. The second-order valence-electron chi connectivity index (χ2n) is 5.28. The third-order valence-corrected chi connectivity index (χ3v) is 3.51. The fraction of sp³-hybridized carbons (Fsp3) is 0.846. The van der Waals surface area contributed by atoms with E-state index in [1.54, 1.807) is 0 Å². The molecule has 0 amide bonds. The molecule has 0 bridgehead atoms. The van der Waals surface area contributed by atoms with Gasteiger partial charge in [0.2, 0.25) is 5.89 Å². The van der Waals surface area contributed by atoms with E-state index in [4.69, 9.17) is 4.42 Å². The van der Waals surface area contributed by atoms with E-state index in [-0.39, 0.29) is 0 Å². The summed E-state index contributed by atoms with van der Waals surface area (Å²) in [7, 11) is 0. The summed E-state index contributed by atoms with van der Waals surface area (Å²) >= 11 is 0. The highest BCUT2D eigenvalue weighted by molar-refractivity contribution is 5.19. The lowest BCUT2D eigenvalue weighted by molar-refractivity contribution is 0.355. The summed E-state index contributed by atoms with van der Waals surface area (Å²) in [4.78, 5) is 0. The first-order valence-corrected chi connectivity index (χ1v) is 7.07. The average Bonchev–Trinajstić information content (AvgIpc) is 2.80. The Labute approximate surface area is 109 Å². The van der Waals surface area contributed by atoms with Crippen molar-refractivity contribution in [1.29, 1.82) is 0 Å². The molecule has 0 aromatic carbocycles. The van der Waals surface area contributed by atoms with Crippen molar-refractivity contribution in [3.63, 3.8) is 0 Å². The van der Waals surface area contributed by atoms with Crippen molar-refractivity contribution in [3.8, 4) is 0 Å². The van der Waals surface area contributed by atoms with Crippen LogP contribution in [0.3, 0.4) is 0 Å². The smallest absolute Gasteiger partial charge is 0.315 e. The zero-order valence-corrected chi connectivity index (χ0v) is 11.4. The highest BCUT2D eigenvalue weighted by Gasteiger charge is 2.19. The number of hydrogen-bond donors (Lipinski definition) is 2. The van der Waals surface area contributed by atoms with Gasteiger partial charge in [-0.15, -0.1) is 5.10 Å². The summed E-state index contributed by atoms with van der Waals surface area (Å²) in [6, 6.07) is 1.07. The fourth-order valence-electron chi connectivity index (χ4n) is 2.33. The topological polar surface area (TPSA) is 63.0 Å². The molecule has 18 heavy (non-hydrogen) atoms. The van der Waals surface area contributed by atoms with Crippen molar-refractivity contribution in [2.24, 2.45) is 5.92 Å². The Morgan fingerprint density at radius 3 is 2.72 bits per heavy atom. The molecule has 0 atom stereocenters. The second-order valence-corrected chi connectivity index (χ2v) is 5.28. The summed E-state index contributed by atoms with van der Waals surface area (Å²) in [6.45, 7) is 6.09. The van der Waals surface area contributed by atoms with Gasteiger partial charge in [0.05, 0.1) is 6.54 Å². The van der Waals surface area contributed by atoms with Crippen LogP contribution >= 0.6 is 0 Å². The molecule has 1 aliphatic carbocycles. The molecule has 1 aromatic rings. The van der Waals surface area contributed by atoms with Gasteiger partial charge in [-0.1, -0.05) is 18.9 Å². The van der Waals surface area contributed by atoms with E-state index in [2.05, 4.69) is 34.7 Å². The van der Waals surface area contributed by atoms with E-state index < -0.39 is 0 Å². The fourth-order valence-corrected chi connectivity index (χ4v) is 2.33. The Bertz CT molecular complexity index is 345. The molecule has 2 N–H and O–H groups in total. The highest BCUT2D eigenvalue weighted by Crippen LogP contribution is 2.25. The lowest BCUT2D eigenvalue weighted by Gasteiger charge is -2.25. The predicted octanol–water partition coefficient (Wildman–Crippen LogP) is 2.56. The van der Waals surface area contributed by atoms with Crippen molar-refractivity contribution in [3.05, 3.63) is 5.89 Å². The van der Waals surface area contributed by atoms with Crippen LogP contribution in [0.2, 0.25) is 0 Å². The van der Waals surface area contributed by atoms with Crippen LogP contribution in [0.5, 0.6) is 0 Å². The third-order valence-electron chi connectivity index (χ3n) is 3.51. The molecular weight excluding hydrogens is 228 g/mol. The molecule has 2 rings (SSSR count). The summed E-state index contributed by atoms with van der Waals surface area (Å²) < 4.78 is 5.56. The van der Waals surface area contributed by atoms with Gasteiger partial charge in [-0.3, -0.25) is 0 Å². The van der Waals surface area contributed by atoms with Gasteiger partial charge in [-0.05, 0) is 44.6 Å². The summed E-state index contributed by atoms with van der Waals surface area (Å²) in [5.74, 6) is 1.52. The molecule has 0 unspecified atom stereocenters. The van der Waals surface area contributed by atoms with Crippen molar-refractivity contribution >= 4 is 6.01 Å². The molecule has 1 fully saturated rings. The minimum Gasteiger partial charge on any atom is -0.407 e. The van der Waals surface area contributed by atoms with E-state index in [0.29, 0.717) is 24.5 Å². The van der Waals surface area contributed by atoms with Gasteiger partial charge in [0.25, 0.3) is 0 Å². The lowest BCUT2D eigenvalue weighted by Crippen LogP contribution is -2.25. The van der Waals surface area contributed by atoms with Crippen molar-refractivity contribution in [1.82, 2.24) is 15.5 Å². The largest absolute Gasteiger partial charge is 0.407 e. The van der Waals surface area contributed by atoms with E-state index in [1.165, 1.54) is 25.7 Å². The van der Waals surface area contributed by atoms with Crippen LogP contribution in [0.25, 0.3) is 0 Å². The quantitative estimate of drug-likeness (QED) is 0.762. The Morgan fingerprint density at radius 1 is 1.22 bits per heavy atom. The first-order chi connectivity index (χ1) is 8.78. The van der Waals surface area contributed by atoms with E-state index in [0.717, 1.165) is 18.9 Å². The first kappa shape index (κ1) is 13.3. The molecular formula is C13H24N4O. The Hall–Kier alpha value is -1.10. The molecule has 0 saturated heterocycles. The van der Waals surface area contributed by atoms with Crippen molar-refractivity contribution in [2.75, 3.05) is 11.9 Å². The van der Waals surface area contributed by atoms with Crippen LogP contribution in [-0.2, 0) is 6.54 Å². The van der Waals surface area contributed by atoms with Gasteiger partial charge in [0, 0.05) is 6.04 Å². The van der Waals surface area contributed by atoms with Crippen LogP contribution in [-0.4, -0.2) is 22.8 Å². The molecule has 1 heterocycles. The maximum Gasteiger partial charge on any atom is 0.315 e. The van der Waals surface area contributed by atoms with E-state index in [1.807, 2.05) is 0 Å². The minimum atomic E-state index is 0.498. The molecule has 0 radical (unpaired) electrons. The van der Waals surface area contributed by atoms with Crippen molar-refractivity contribution < 1.29 is 4.42 Å². The van der Waals surface area contributed by atoms with Crippen LogP contribution < -0.4 is 10.6 Å². The Morgan fingerprint density at radius 2 is 2.00 bits per heavy atom. The van der Waals surface area contributed by atoms with E-state index in [9.17, 15) is 0 Å². The number of rotatable bonds is 6. The molecule has 1 aromatic heterocycles. The summed E-state index contributed by atoms with van der Waals surface area (Å²) in [5, 5.41) is 14.7. The molecule has 0 aliphatic heterocycles. The van der Waals surface area contributed by atoms with Crippen LogP contribution in [0.15, 0.2) is 4.42 Å². The van der Waals surface area contributed by atoms with Gasteiger partial charge in [0.15, 0.2) is 0 Å². The van der Waals surface area contributed by atoms with E-state index >= 15 is 0 Å². The summed E-state index contributed by atoms with van der Waals surface area (Å²) in [5.41, 5.74) is 0. The van der Waals surface area contributed by atoms with Gasteiger partial charge in [-0.2, -0.15) is 0 Å². The average molecular weight is 252 g/mol. The van der Waals surface area contributed by atoms with Gasteiger partial charge < -0.3 is 15.1 Å². The number of nitrogens with zero attached hydrogens (tertiary/aromatic N) is 2. The monoisotopic (exact) mass is 252 g/mol. The normalized spacial score (nSPS) is 24.1. The van der Waals surface area contributed by atoms with Crippen LogP contribution in [0.1, 0.15) is 51.8 Å². The predicted molar refractivity (Wildman–Crippen MR) is 71.3 cm³/mol. The third kappa shape index (κ3) is 3.98. The maximum atomic E-state index is 5.56. The van der Waals surface area contributed by atoms with Gasteiger partial charge in [0.1, 0.15) is 0 Å². The number of nitrogens with one attached hydrogen (secondary N) is 2. The Balaban J connectivity index is 1.76. The number of aromatic nitrogens is 2. The standard InChI is InChI=1S/C13H24N4O/c1-3-8-14-9-12-16-17-13(18-12)15-11-6-4-10(2)5-7-11/h10-11,14H,3-9H2,1-2H3,(H,15,17). The van der Waals surface area contributed by atoms with Crippen molar-refractivity contribution in [2.45, 2.75) is 58.5 Å². The SMILES string of the molecule is CCCNCc1nnc(NC2CCC(C)CC2)o1. The zero-order valence-electron chi connectivity index (χ0n) is 11.4. The molecule has 102 valence electrons. The minimum absolute atomic E-state index is 0.498. The van der Waals surface area contributed by atoms with Gasteiger partial charge in [-0.25, -0.2) is 0 Å². The molecule has 0 spiro atoms. The molecule has 5 nitrogen and oxygen atoms in total. The second kappa shape index (κ2) is 6.73. The van der Waals surface area contributed by atoms with Crippen LogP contribution in [0, 0.1) is 5.92 Å². The molecule has 5 heteroatoms. The Kier molecular flexibility index (Phi) is 4.99. The number of hydrogen-bond acceptors (Lipinski definition) is 5. The maximum absolute atomic E-state index is 5.56. The van der Waals surface area contributed by atoms with Crippen LogP contribution in [0.4, 0.5) is 6.01 Å². The number of anilines is 1.